The molecule has 0 heterocycles. The van der Waals surface area contributed by atoms with E-state index in [2.05, 4.69) is 11.9 Å². The SMILES string of the molecule is C=CCCC(C)NC(C)c1cccc(C(F)(F)F)c1. The molecule has 0 saturated carbocycles. The first-order valence-corrected chi connectivity index (χ1v) is 6.38. The lowest BCUT2D eigenvalue weighted by atomic mass is 10.0. The summed E-state index contributed by atoms with van der Waals surface area (Å²) in [4.78, 5) is 0. The lowest BCUT2D eigenvalue weighted by Gasteiger charge is -2.21. The molecule has 0 aliphatic rings. The first kappa shape index (κ1) is 15.8. The lowest BCUT2D eigenvalue weighted by molar-refractivity contribution is -0.137. The van der Waals surface area contributed by atoms with Crippen LogP contribution in [0.4, 0.5) is 13.2 Å². The molecule has 0 radical (unpaired) electrons. The smallest absolute Gasteiger partial charge is 0.308 e. The van der Waals surface area contributed by atoms with Crippen LogP contribution in [0.1, 0.15) is 43.9 Å². The summed E-state index contributed by atoms with van der Waals surface area (Å²) in [5.74, 6) is 0. The van der Waals surface area contributed by atoms with Crippen LogP contribution in [0.3, 0.4) is 0 Å². The number of nitrogens with one attached hydrogen (secondary N) is 1. The quantitative estimate of drug-likeness (QED) is 0.739. The van der Waals surface area contributed by atoms with Crippen LogP contribution in [-0.4, -0.2) is 6.04 Å². The number of hydrogen-bond donors (Lipinski definition) is 1. The number of allylic oxidation sites excluding steroid dienone is 1. The van der Waals surface area contributed by atoms with Gasteiger partial charge in [0.2, 0.25) is 0 Å². The Hall–Kier alpha value is -1.29. The van der Waals surface area contributed by atoms with Crippen LogP contribution < -0.4 is 5.32 Å². The summed E-state index contributed by atoms with van der Waals surface area (Å²) in [5, 5.41) is 3.29. The molecule has 1 nitrogen and oxygen atoms in total. The van der Waals surface area contributed by atoms with Crippen LogP contribution in [-0.2, 0) is 6.18 Å². The summed E-state index contributed by atoms with van der Waals surface area (Å²) >= 11 is 0. The first-order chi connectivity index (χ1) is 8.84. The molecular weight excluding hydrogens is 251 g/mol. The second-order valence-corrected chi connectivity index (χ2v) is 4.78. The molecule has 0 spiro atoms. The van der Waals surface area contributed by atoms with Crippen LogP contribution in [0, 0.1) is 0 Å². The molecule has 0 aliphatic carbocycles. The molecular formula is C15H20F3N. The van der Waals surface area contributed by atoms with E-state index in [0.29, 0.717) is 5.56 Å². The molecule has 4 heteroatoms. The van der Waals surface area contributed by atoms with Crippen molar-refractivity contribution >= 4 is 0 Å². The fourth-order valence-electron chi connectivity index (χ4n) is 1.96. The van der Waals surface area contributed by atoms with Crippen molar-refractivity contribution in [2.24, 2.45) is 0 Å². The molecule has 0 aromatic heterocycles. The Balaban J connectivity index is 2.71. The average molecular weight is 271 g/mol. The van der Waals surface area contributed by atoms with E-state index in [9.17, 15) is 13.2 Å². The molecule has 1 aromatic rings. The predicted octanol–water partition coefficient (Wildman–Crippen LogP) is 4.71. The molecule has 0 aliphatic heterocycles. The van der Waals surface area contributed by atoms with Gasteiger partial charge >= 0.3 is 6.18 Å². The molecule has 0 fully saturated rings. The largest absolute Gasteiger partial charge is 0.416 e. The molecule has 1 rings (SSSR count). The highest BCUT2D eigenvalue weighted by Gasteiger charge is 2.30. The Kier molecular flexibility index (Phi) is 5.60. The van der Waals surface area contributed by atoms with Crippen molar-refractivity contribution in [1.82, 2.24) is 5.32 Å². The summed E-state index contributed by atoms with van der Waals surface area (Å²) in [6.07, 6.45) is -0.631. The molecule has 106 valence electrons. The summed E-state index contributed by atoms with van der Waals surface area (Å²) in [6, 6.07) is 5.59. The zero-order valence-electron chi connectivity index (χ0n) is 11.3. The molecule has 1 N–H and O–H groups in total. The van der Waals surface area contributed by atoms with Gasteiger partial charge in [0.1, 0.15) is 0 Å². The highest BCUT2D eigenvalue weighted by atomic mass is 19.4. The van der Waals surface area contributed by atoms with Crippen molar-refractivity contribution in [3.8, 4) is 0 Å². The zero-order valence-corrected chi connectivity index (χ0v) is 11.3. The van der Waals surface area contributed by atoms with Crippen molar-refractivity contribution in [2.45, 2.75) is 44.9 Å². The molecule has 0 bridgehead atoms. The Morgan fingerprint density at radius 2 is 2.00 bits per heavy atom. The van der Waals surface area contributed by atoms with Gasteiger partial charge in [0.05, 0.1) is 5.56 Å². The van der Waals surface area contributed by atoms with Gasteiger partial charge in [-0.15, -0.1) is 6.58 Å². The Bertz CT molecular complexity index is 412. The molecule has 2 atom stereocenters. The van der Waals surface area contributed by atoms with Gasteiger partial charge in [0, 0.05) is 12.1 Å². The van der Waals surface area contributed by atoms with E-state index in [-0.39, 0.29) is 12.1 Å². The first-order valence-electron chi connectivity index (χ1n) is 6.38. The topological polar surface area (TPSA) is 12.0 Å². The lowest BCUT2D eigenvalue weighted by Crippen LogP contribution is -2.28. The summed E-state index contributed by atoms with van der Waals surface area (Å²) in [6.45, 7) is 7.55. The van der Waals surface area contributed by atoms with Gasteiger partial charge in [-0.3, -0.25) is 0 Å². The minimum atomic E-state index is -4.29. The van der Waals surface area contributed by atoms with Crippen LogP contribution in [0.15, 0.2) is 36.9 Å². The highest BCUT2D eigenvalue weighted by Crippen LogP contribution is 2.30. The maximum absolute atomic E-state index is 12.6. The number of benzene rings is 1. The van der Waals surface area contributed by atoms with Gasteiger partial charge in [-0.2, -0.15) is 13.2 Å². The predicted molar refractivity (Wildman–Crippen MR) is 71.9 cm³/mol. The van der Waals surface area contributed by atoms with Crippen LogP contribution in [0.2, 0.25) is 0 Å². The van der Waals surface area contributed by atoms with Crippen molar-refractivity contribution in [2.75, 3.05) is 0 Å². The van der Waals surface area contributed by atoms with Gasteiger partial charge < -0.3 is 5.32 Å². The fraction of sp³-hybridized carbons (Fsp3) is 0.467. The number of alkyl halides is 3. The molecule has 0 saturated heterocycles. The maximum atomic E-state index is 12.6. The molecule has 19 heavy (non-hydrogen) atoms. The Labute approximate surface area is 112 Å². The summed E-state index contributed by atoms with van der Waals surface area (Å²) < 4.78 is 37.9. The van der Waals surface area contributed by atoms with E-state index in [4.69, 9.17) is 0 Å². The van der Waals surface area contributed by atoms with E-state index in [0.717, 1.165) is 18.9 Å². The van der Waals surface area contributed by atoms with Gasteiger partial charge in [0.15, 0.2) is 0 Å². The third-order valence-electron chi connectivity index (χ3n) is 3.05. The third-order valence-corrected chi connectivity index (χ3v) is 3.05. The third kappa shape index (κ3) is 5.07. The molecule has 0 amide bonds. The van der Waals surface area contributed by atoms with Crippen molar-refractivity contribution in [3.63, 3.8) is 0 Å². The van der Waals surface area contributed by atoms with E-state index in [1.165, 1.54) is 12.1 Å². The summed E-state index contributed by atoms with van der Waals surface area (Å²) in [7, 11) is 0. The van der Waals surface area contributed by atoms with E-state index < -0.39 is 11.7 Å². The van der Waals surface area contributed by atoms with Crippen LogP contribution >= 0.6 is 0 Å². The van der Waals surface area contributed by atoms with E-state index in [1.54, 1.807) is 6.07 Å². The van der Waals surface area contributed by atoms with Crippen molar-refractivity contribution in [3.05, 3.63) is 48.0 Å². The second-order valence-electron chi connectivity index (χ2n) is 4.78. The minimum Gasteiger partial charge on any atom is -0.308 e. The standard InChI is InChI=1S/C15H20F3N/c1-4-5-7-11(2)19-12(3)13-8-6-9-14(10-13)15(16,17)18/h4,6,8-12,19H,1,5,7H2,2-3H3. The minimum absolute atomic E-state index is 0.109. The second kappa shape index (κ2) is 6.75. The number of hydrogen-bond acceptors (Lipinski definition) is 1. The van der Waals surface area contributed by atoms with E-state index in [1.807, 2.05) is 19.9 Å². The fourth-order valence-corrected chi connectivity index (χ4v) is 1.96. The molecule has 1 aromatic carbocycles. The normalized spacial score (nSPS) is 15.0. The highest BCUT2D eigenvalue weighted by molar-refractivity contribution is 5.27. The van der Waals surface area contributed by atoms with Gasteiger partial charge in [-0.1, -0.05) is 18.2 Å². The van der Waals surface area contributed by atoms with Crippen molar-refractivity contribution < 1.29 is 13.2 Å². The maximum Gasteiger partial charge on any atom is 0.416 e. The van der Waals surface area contributed by atoms with Gasteiger partial charge in [0.25, 0.3) is 0 Å². The Morgan fingerprint density at radius 3 is 2.58 bits per heavy atom. The number of rotatable bonds is 6. The van der Waals surface area contributed by atoms with Gasteiger partial charge in [-0.05, 0) is 44.4 Å². The monoisotopic (exact) mass is 271 g/mol. The summed E-state index contributed by atoms with van der Waals surface area (Å²) in [5.41, 5.74) is 0.0534. The van der Waals surface area contributed by atoms with Crippen LogP contribution in [0.5, 0.6) is 0 Å². The Morgan fingerprint density at radius 1 is 1.32 bits per heavy atom. The van der Waals surface area contributed by atoms with E-state index >= 15 is 0 Å². The van der Waals surface area contributed by atoms with Gasteiger partial charge in [-0.25, -0.2) is 0 Å². The molecule has 2 unspecified atom stereocenters. The van der Waals surface area contributed by atoms with Crippen LogP contribution in [0.25, 0.3) is 0 Å². The van der Waals surface area contributed by atoms with Crippen molar-refractivity contribution in [1.29, 1.82) is 0 Å². The zero-order chi connectivity index (χ0) is 14.5. The average Bonchev–Trinajstić information content (AvgIpc) is 2.35. The number of halogens is 3.